The molecule has 0 bridgehead atoms. The second-order valence-electron chi connectivity index (χ2n) is 9.88. The van der Waals surface area contributed by atoms with Gasteiger partial charge in [0.25, 0.3) is 11.8 Å². The predicted octanol–water partition coefficient (Wildman–Crippen LogP) is -2.37. The molecule has 228 valence electrons. The first-order chi connectivity index (χ1) is 20.4. The molecular formula is C23H26N10O8S2. The van der Waals surface area contributed by atoms with Crippen molar-refractivity contribution in [1.82, 2.24) is 34.9 Å². The van der Waals surface area contributed by atoms with Crippen molar-refractivity contribution in [3.63, 3.8) is 0 Å². The normalized spacial score (nSPS) is 19.5. The molecule has 2 amide bonds. The van der Waals surface area contributed by atoms with Gasteiger partial charge in [0.1, 0.15) is 18.8 Å². The van der Waals surface area contributed by atoms with Gasteiger partial charge in [0, 0.05) is 42.9 Å². The molecule has 1 saturated carbocycles. The van der Waals surface area contributed by atoms with Crippen LogP contribution in [0.25, 0.3) is 0 Å². The van der Waals surface area contributed by atoms with Gasteiger partial charge in [0.15, 0.2) is 33.5 Å². The van der Waals surface area contributed by atoms with Crippen molar-refractivity contribution in [2.45, 2.75) is 50.2 Å². The molecule has 2 atom stereocenters. The van der Waals surface area contributed by atoms with Crippen LogP contribution < -0.4 is 20.9 Å². The van der Waals surface area contributed by atoms with Crippen LogP contribution in [0.5, 0.6) is 0 Å². The summed E-state index contributed by atoms with van der Waals surface area (Å²) >= 11 is 0.970. The van der Waals surface area contributed by atoms with Gasteiger partial charge in [0.05, 0.1) is 24.5 Å². The zero-order chi connectivity index (χ0) is 30.9. The highest BCUT2D eigenvalue weighted by Crippen LogP contribution is 2.40. The number of aryl methyl sites for hydroxylation is 1. The molecule has 5 N–H and O–H groups in total. The number of carboxylic acids is 1. The molecule has 1 saturated heterocycles. The van der Waals surface area contributed by atoms with E-state index in [9.17, 15) is 32.5 Å². The molecule has 5 rings (SSSR count). The lowest BCUT2D eigenvalue weighted by molar-refractivity contribution is -0.671. The van der Waals surface area contributed by atoms with Crippen LogP contribution in [0.3, 0.4) is 0 Å². The van der Waals surface area contributed by atoms with Crippen LogP contribution in [-0.4, -0.2) is 83.5 Å². The van der Waals surface area contributed by atoms with Gasteiger partial charge >= 0.3 is 5.97 Å². The first kappa shape index (κ1) is 29.9. The van der Waals surface area contributed by atoms with Crippen molar-refractivity contribution in [2.75, 3.05) is 5.73 Å². The number of carbonyl (C=O) groups is 3. The van der Waals surface area contributed by atoms with Crippen LogP contribution in [0.15, 0.2) is 41.3 Å². The Hall–Kier alpha value is -4.53. The van der Waals surface area contributed by atoms with Crippen LogP contribution in [0.1, 0.15) is 29.8 Å². The molecule has 1 unspecified atom stereocenters. The Morgan fingerprint density at radius 3 is 2.77 bits per heavy atom. The van der Waals surface area contributed by atoms with Crippen molar-refractivity contribution < 1.29 is 41.9 Å². The maximum atomic E-state index is 13.2. The van der Waals surface area contributed by atoms with E-state index >= 15 is 0 Å². The van der Waals surface area contributed by atoms with Crippen molar-refractivity contribution >= 4 is 50.3 Å². The molecule has 0 spiro atoms. The first-order valence-electron chi connectivity index (χ1n) is 12.7. The minimum atomic E-state index is -5.24. The minimum Gasteiger partial charge on any atom is -0.731 e. The van der Waals surface area contributed by atoms with Gasteiger partial charge < -0.3 is 30.9 Å². The molecule has 1 aliphatic heterocycles. The first-order valence-corrected chi connectivity index (χ1v) is 15.0. The summed E-state index contributed by atoms with van der Waals surface area (Å²) < 4.78 is 37.6. The average Bonchev–Trinajstić information content (AvgIpc) is 3.40. The van der Waals surface area contributed by atoms with E-state index in [0.717, 1.165) is 21.7 Å². The lowest BCUT2D eigenvalue weighted by atomic mass is 9.98. The lowest BCUT2D eigenvalue weighted by Crippen LogP contribution is -2.73. The largest absolute Gasteiger partial charge is 0.731 e. The number of rotatable bonds is 13. The molecule has 2 fully saturated rings. The third-order valence-electron chi connectivity index (χ3n) is 6.65. The third kappa shape index (κ3) is 6.61. The van der Waals surface area contributed by atoms with Crippen molar-refractivity contribution in [3.8, 4) is 0 Å². The Balaban J connectivity index is 1.29. The number of carbonyl (C=O) groups excluding carboxylic acids is 2. The Kier molecular flexibility index (Phi) is 8.10. The van der Waals surface area contributed by atoms with Crippen molar-refractivity contribution in [3.05, 3.63) is 53.1 Å². The van der Waals surface area contributed by atoms with Crippen LogP contribution >= 0.6 is 11.3 Å². The van der Waals surface area contributed by atoms with E-state index in [1.807, 2.05) is 36.1 Å². The molecule has 3 aromatic heterocycles. The number of nitrogens with one attached hydrogen (secondary N) is 2. The standard InChI is InChI=1S/C23H26N10O8S2/c1-31-6-2-3-13(10-31)7-25-8-14-9-26-32(29-14)11-16-18(20(35)33(16)43(38,39)40)28-19(34)17(15-12-42-22(24)27-15)30-41-23(4-5-23)21(36)37/h2-3,6,9-10,12,16,18,25H,4-5,7-8,11H2,1H3,(H4-,24,27,28,34,36,37,38,39,40)/t16?,18-/m0/s1. The van der Waals surface area contributed by atoms with Crippen LogP contribution in [-0.2, 0) is 56.2 Å². The van der Waals surface area contributed by atoms with E-state index in [2.05, 4.69) is 31.0 Å². The number of nitrogen functional groups attached to an aromatic ring is 1. The zero-order valence-electron chi connectivity index (χ0n) is 22.5. The molecule has 1 aliphatic carbocycles. The molecule has 18 nitrogen and oxygen atoms in total. The van der Waals surface area contributed by atoms with Crippen LogP contribution in [0, 0.1) is 0 Å². The fraction of sp³-hybridized carbons (Fsp3) is 0.391. The number of oxime groups is 1. The maximum absolute atomic E-state index is 13.2. The number of aromatic nitrogens is 5. The van der Waals surface area contributed by atoms with Crippen molar-refractivity contribution in [2.24, 2.45) is 12.2 Å². The number of hydrogen-bond donors (Lipinski definition) is 4. The van der Waals surface area contributed by atoms with Crippen molar-refractivity contribution in [1.29, 1.82) is 0 Å². The van der Waals surface area contributed by atoms with Gasteiger partial charge in [-0.25, -0.2) is 27.1 Å². The third-order valence-corrected chi connectivity index (χ3v) is 8.26. The molecular weight excluding hydrogens is 608 g/mol. The minimum absolute atomic E-state index is 0.0621. The SMILES string of the molecule is C[n+]1cccc(CNCc2cnn(CC3[C@H](NC(=O)C(=NOC4(C(=O)O)CC4)c4csc(N)n4)C(=O)N3S(=O)(=O)[O-])n2)c1. The summed E-state index contributed by atoms with van der Waals surface area (Å²) in [7, 11) is -3.34. The Morgan fingerprint density at radius 2 is 2.14 bits per heavy atom. The number of nitrogens with two attached hydrogens (primary N) is 1. The van der Waals surface area contributed by atoms with Gasteiger partial charge in [-0.15, -0.1) is 11.3 Å². The van der Waals surface area contributed by atoms with Gasteiger partial charge in [-0.3, -0.25) is 9.59 Å². The number of aliphatic carboxylic acids is 1. The topological polar surface area (TPSA) is 251 Å². The number of anilines is 1. The van der Waals surface area contributed by atoms with Crippen LogP contribution in [0.2, 0.25) is 0 Å². The molecule has 0 aromatic carbocycles. The molecule has 0 radical (unpaired) electrons. The molecule has 2 aliphatic rings. The van der Waals surface area contributed by atoms with E-state index in [4.69, 9.17) is 10.6 Å². The fourth-order valence-corrected chi connectivity index (χ4v) is 5.69. The van der Waals surface area contributed by atoms with E-state index < -0.39 is 51.5 Å². The summed E-state index contributed by atoms with van der Waals surface area (Å²) in [5.41, 5.74) is 5.05. The molecule has 3 aromatic rings. The van der Waals surface area contributed by atoms with E-state index in [0.29, 0.717) is 18.8 Å². The maximum Gasteiger partial charge on any atom is 0.350 e. The van der Waals surface area contributed by atoms with E-state index in [-0.39, 0.29) is 34.5 Å². The second kappa shape index (κ2) is 11.6. The highest BCUT2D eigenvalue weighted by atomic mass is 32.2. The summed E-state index contributed by atoms with van der Waals surface area (Å²) in [6, 6.07) is 1.00. The smallest absolute Gasteiger partial charge is 0.350 e. The van der Waals surface area contributed by atoms with Crippen LogP contribution in [0.4, 0.5) is 5.13 Å². The number of β-lactam (4-membered cyclic amide) rings is 1. The monoisotopic (exact) mass is 634 g/mol. The van der Waals surface area contributed by atoms with Gasteiger partial charge in [-0.05, 0) is 6.07 Å². The Morgan fingerprint density at radius 1 is 1.37 bits per heavy atom. The number of carboxylic acid groups (broad SMARTS) is 1. The summed E-state index contributed by atoms with van der Waals surface area (Å²) in [5, 5.41) is 28.4. The molecule has 43 heavy (non-hydrogen) atoms. The Bertz CT molecular complexity index is 1700. The lowest BCUT2D eigenvalue weighted by Gasteiger charge is -2.46. The Labute approximate surface area is 248 Å². The quantitative estimate of drug-likeness (QED) is 0.0505. The van der Waals surface area contributed by atoms with Gasteiger partial charge in [-0.2, -0.15) is 15.0 Å². The second-order valence-corrected chi connectivity index (χ2v) is 12.0. The summed E-state index contributed by atoms with van der Waals surface area (Å²) in [4.78, 5) is 47.7. The average molecular weight is 635 g/mol. The van der Waals surface area contributed by atoms with E-state index in [1.165, 1.54) is 11.6 Å². The van der Waals surface area contributed by atoms with Gasteiger partial charge in [0.2, 0.25) is 5.60 Å². The number of pyridine rings is 1. The predicted molar refractivity (Wildman–Crippen MR) is 144 cm³/mol. The number of nitrogens with zero attached hydrogens (tertiary/aromatic N) is 7. The molecule has 20 heteroatoms. The number of amides is 2. The summed E-state index contributed by atoms with van der Waals surface area (Å²) in [6.45, 7) is 0.516. The van der Waals surface area contributed by atoms with Gasteiger partial charge in [-0.1, -0.05) is 5.16 Å². The molecule has 4 heterocycles. The van der Waals surface area contributed by atoms with E-state index in [1.54, 1.807) is 0 Å². The number of thiazole rings is 1. The fourth-order valence-electron chi connectivity index (χ4n) is 4.29. The highest BCUT2D eigenvalue weighted by molar-refractivity contribution is 7.84. The summed E-state index contributed by atoms with van der Waals surface area (Å²) in [5.74, 6) is -3.49. The zero-order valence-corrected chi connectivity index (χ0v) is 24.1. The highest BCUT2D eigenvalue weighted by Gasteiger charge is 2.55. The summed E-state index contributed by atoms with van der Waals surface area (Å²) in [6.07, 6.45) is 5.62. The number of hydrogen-bond acceptors (Lipinski definition) is 14.